The van der Waals surface area contributed by atoms with Gasteiger partial charge in [-0.15, -0.1) is 0 Å². The van der Waals surface area contributed by atoms with E-state index in [0.29, 0.717) is 25.1 Å². The monoisotopic (exact) mass is 394 g/mol. The number of rotatable bonds is 4. The van der Waals surface area contributed by atoms with Gasteiger partial charge in [0.2, 0.25) is 5.91 Å². The molecule has 1 unspecified atom stereocenters. The largest absolute Gasteiger partial charge is 0.354 e. The second kappa shape index (κ2) is 7.58. The predicted octanol–water partition coefficient (Wildman–Crippen LogP) is 3.44. The summed E-state index contributed by atoms with van der Waals surface area (Å²) in [7, 11) is 0. The zero-order valence-electron chi connectivity index (χ0n) is 16.2. The van der Waals surface area contributed by atoms with Crippen LogP contribution in [0.2, 0.25) is 0 Å². The summed E-state index contributed by atoms with van der Waals surface area (Å²) in [6.07, 6.45) is 1.39. The van der Waals surface area contributed by atoms with Gasteiger partial charge >= 0.3 is 6.03 Å². The average molecular weight is 394 g/mol. The normalized spacial score (nSPS) is 16.3. The van der Waals surface area contributed by atoms with Crippen LogP contribution >= 0.6 is 0 Å². The van der Waals surface area contributed by atoms with Gasteiger partial charge in [0.25, 0.3) is 0 Å². The Bertz CT molecular complexity index is 1090. The highest BCUT2D eigenvalue weighted by Gasteiger charge is 2.32. The van der Waals surface area contributed by atoms with Crippen LogP contribution in [0.25, 0.3) is 22.2 Å². The zero-order chi connectivity index (χ0) is 20.5. The minimum absolute atomic E-state index is 0.195. The maximum Gasteiger partial charge on any atom is 0.315 e. The van der Waals surface area contributed by atoms with Crippen molar-refractivity contribution in [3.63, 3.8) is 0 Å². The summed E-state index contributed by atoms with van der Waals surface area (Å²) in [5.41, 5.74) is 9.42. The van der Waals surface area contributed by atoms with Gasteiger partial charge < -0.3 is 20.9 Å². The quantitative estimate of drug-likeness (QED) is 0.633. The third-order valence-corrected chi connectivity index (χ3v) is 5.57. The van der Waals surface area contributed by atoms with Crippen LogP contribution in [0.1, 0.15) is 24.0 Å². The number of fused-ring (bicyclic) bond motifs is 1. The number of primary amides is 1. The first-order chi connectivity index (χ1) is 14.0. The lowest BCUT2D eigenvalue weighted by molar-refractivity contribution is -0.124. The van der Waals surface area contributed by atoms with Crippen molar-refractivity contribution in [2.75, 3.05) is 6.54 Å². The van der Waals surface area contributed by atoms with Gasteiger partial charge in [-0.3, -0.25) is 4.79 Å². The van der Waals surface area contributed by atoms with Gasteiger partial charge in [0.1, 0.15) is 11.9 Å². The van der Waals surface area contributed by atoms with E-state index < -0.39 is 12.1 Å². The number of halogens is 1. The Kier molecular flexibility index (Phi) is 4.96. The van der Waals surface area contributed by atoms with Crippen LogP contribution in [-0.4, -0.2) is 34.4 Å². The molecule has 1 fully saturated rings. The van der Waals surface area contributed by atoms with Crippen LogP contribution in [0, 0.1) is 12.7 Å². The number of nitrogens with two attached hydrogens (primary N) is 1. The molecule has 4 rings (SSSR count). The zero-order valence-corrected chi connectivity index (χ0v) is 16.2. The summed E-state index contributed by atoms with van der Waals surface area (Å²) < 4.78 is 14.2. The summed E-state index contributed by atoms with van der Waals surface area (Å²) in [4.78, 5) is 28.6. The molecule has 0 saturated carbocycles. The lowest BCUT2D eigenvalue weighted by Gasteiger charge is -2.21. The third kappa shape index (κ3) is 3.55. The van der Waals surface area contributed by atoms with Gasteiger partial charge in [-0.2, -0.15) is 0 Å². The first-order valence-electron chi connectivity index (χ1n) is 9.65. The molecule has 4 N–H and O–H groups in total. The predicted molar refractivity (Wildman–Crippen MR) is 110 cm³/mol. The Morgan fingerprint density at radius 3 is 2.83 bits per heavy atom. The Hall–Kier alpha value is -3.35. The Balaban J connectivity index is 1.54. The van der Waals surface area contributed by atoms with Gasteiger partial charge in [0, 0.05) is 29.6 Å². The van der Waals surface area contributed by atoms with Gasteiger partial charge in [-0.05, 0) is 55.2 Å². The second-order valence-corrected chi connectivity index (χ2v) is 7.39. The molecule has 1 saturated heterocycles. The number of nitrogens with zero attached hydrogens (tertiary/aromatic N) is 1. The van der Waals surface area contributed by atoms with Crippen LogP contribution in [0.3, 0.4) is 0 Å². The molecule has 6 nitrogen and oxygen atoms in total. The van der Waals surface area contributed by atoms with Crippen LogP contribution in [-0.2, 0) is 11.3 Å². The Labute approximate surface area is 167 Å². The van der Waals surface area contributed by atoms with Gasteiger partial charge in [-0.25, -0.2) is 9.18 Å². The van der Waals surface area contributed by atoms with Crippen molar-refractivity contribution in [3.05, 3.63) is 59.4 Å². The van der Waals surface area contributed by atoms with E-state index in [0.717, 1.165) is 34.1 Å². The van der Waals surface area contributed by atoms with Crippen molar-refractivity contribution in [1.82, 2.24) is 15.2 Å². The van der Waals surface area contributed by atoms with Crippen LogP contribution in [0.4, 0.5) is 9.18 Å². The highest BCUT2D eigenvalue weighted by molar-refractivity contribution is 5.91. The fourth-order valence-corrected chi connectivity index (χ4v) is 4.03. The van der Waals surface area contributed by atoms with E-state index in [-0.39, 0.29) is 11.7 Å². The number of likely N-dealkylation sites (tertiary alicyclic amines) is 1. The summed E-state index contributed by atoms with van der Waals surface area (Å²) in [6, 6.07) is 11.4. The number of amides is 3. The van der Waals surface area contributed by atoms with Gasteiger partial charge in [0.15, 0.2) is 0 Å². The summed E-state index contributed by atoms with van der Waals surface area (Å²) in [6.45, 7) is 2.81. The van der Waals surface area contributed by atoms with E-state index in [9.17, 15) is 14.0 Å². The first kappa shape index (κ1) is 19.0. The van der Waals surface area contributed by atoms with E-state index in [4.69, 9.17) is 5.73 Å². The van der Waals surface area contributed by atoms with Crippen molar-refractivity contribution in [2.24, 2.45) is 5.73 Å². The average Bonchev–Trinajstić information content (AvgIpc) is 3.32. The molecule has 2 aromatic carbocycles. The van der Waals surface area contributed by atoms with E-state index in [1.165, 1.54) is 11.0 Å². The van der Waals surface area contributed by atoms with Crippen molar-refractivity contribution < 1.29 is 14.0 Å². The number of nitrogens with one attached hydrogen (secondary N) is 2. The molecule has 1 aliphatic heterocycles. The topological polar surface area (TPSA) is 91.2 Å². The molecule has 29 heavy (non-hydrogen) atoms. The number of aryl methyl sites for hydroxylation is 1. The summed E-state index contributed by atoms with van der Waals surface area (Å²) in [5.74, 6) is -0.468. The number of hydrogen-bond donors (Lipinski definition) is 3. The summed E-state index contributed by atoms with van der Waals surface area (Å²) >= 11 is 0. The number of H-pyrrole nitrogens is 1. The van der Waals surface area contributed by atoms with Crippen LogP contribution in [0.15, 0.2) is 42.5 Å². The maximum atomic E-state index is 14.2. The molecular weight excluding hydrogens is 371 g/mol. The molecular formula is C22H23FN4O2. The molecule has 0 bridgehead atoms. The standard InChI is InChI=1S/C22H23FN4O2/c1-13-16-11-14(12-25-21(28)19-7-4-10-27(19)22(24)29)8-9-18(16)26-20(13)15-5-2-3-6-17(15)23/h2-3,5-6,8-9,11,19,26H,4,7,10,12H2,1H3,(H2,24,29)(H,25,28). The fourth-order valence-electron chi connectivity index (χ4n) is 4.03. The fraction of sp³-hybridized carbons (Fsp3) is 0.273. The number of urea groups is 1. The molecule has 1 aliphatic rings. The van der Waals surface area contributed by atoms with Gasteiger partial charge in [-0.1, -0.05) is 18.2 Å². The van der Waals surface area contributed by atoms with Crippen LogP contribution < -0.4 is 11.1 Å². The molecule has 2 heterocycles. The molecule has 3 aromatic rings. The Morgan fingerprint density at radius 1 is 1.28 bits per heavy atom. The smallest absolute Gasteiger partial charge is 0.315 e. The Morgan fingerprint density at radius 2 is 2.07 bits per heavy atom. The molecule has 1 aromatic heterocycles. The number of aromatic amines is 1. The lowest BCUT2D eigenvalue weighted by Crippen LogP contribution is -2.47. The summed E-state index contributed by atoms with van der Waals surface area (Å²) in [5, 5.41) is 3.88. The van der Waals surface area contributed by atoms with Crippen molar-refractivity contribution in [1.29, 1.82) is 0 Å². The van der Waals surface area contributed by atoms with E-state index in [2.05, 4.69) is 10.3 Å². The number of carbonyl (C=O) groups is 2. The maximum absolute atomic E-state index is 14.2. The number of carbonyl (C=O) groups excluding carboxylic acids is 2. The highest BCUT2D eigenvalue weighted by atomic mass is 19.1. The molecule has 150 valence electrons. The van der Waals surface area contributed by atoms with Crippen LogP contribution in [0.5, 0.6) is 0 Å². The van der Waals surface area contributed by atoms with Crippen molar-refractivity contribution in [3.8, 4) is 11.3 Å². The highest BCUT2D eigenvalue weighted by Crippen LogP contribution is 2.31. The third-order valence-electron chi connectivity index (χ3n) is 5.57. The SMILES string of the molecule is Cc1c(-c2ccccc2F)[nH]c2ccc(CNC(=O)C3CCCN3C(N)=O)cc12. The molecule has 0 aliphatic carbocycles. The minimum atomic E-state index is -0.562. The van der Waals surface area contributed by atoms with Crippen molar-refractivity contribution in [2.45, 2.75) is 32.4 Å². The lowest BCUT2D eigenvalue weighted by atomic mass is 10.0. The van der Waals surface area contributed by atoms with Gasteiger partial charge in [0.05, 0.1) is 5.69 Å². The second-order valence-electron chi connectivity index (χ2n) is 7.39. The number of hydrogen-bond acceptors (Lipinski definition) is 2. The minimum Gasteiger partial charge on any atom is -0.354 e. The van der Waals surface area contributed by atoms with E-state index in [1.54, 1.807) is 12.1 Å². The number of aromatic nitrogens is 1. The molecule has 7 heteroatoms. The molecule has 0 radical (unpaired) electrons. The van der Waals surface area contributed by atoms with Crippen molar-refractivity contribution >= 4 is 22.8 Å². The molecule has 1 atom stereocenters. The number of benzene rings is 2. The molecule has 3 amide bonds. The first-order valence-corrected chi connectivity index (χ1v) is 9.65. The van der Waals surface area contributed by atoms with E-state index in [1.807, 2.05) is 31.2 Å². The molecule has 0 spiro atoms. The van der Waals surface area contributed by atoms with E-state index >= 15 is 0 Å².